The van der Waals surface area contributed by atoms with E-state index in [4.69, 9.17) is 25.1 Å². The molecule has 1 heterocycles. The molecule has 0 aliphatic carbocycles. The maximum Gasteiger partial charge on any atom is 0.252 e. The third-order valence-electron chi connectivity index (χ3n) is 6.43. The van der Waals surface area contributed by atoms with Gasteiger partial charge in [0.05, 0.1) is 13.2 Å². The monoisotopic (exact) mass is 527 g/mol. The van der Waals surface area contributed by atoms with Crippen molar-refractivity contribution in [2.75, 3.05) is 13.2 Å². The van der Waals surface area contributed by atoms with Gasteiger partial charge in [0, 0.05) is 36.0 Å². The molecule has 0 spiro atoms. The molecule has 0 fully saturated rings. The number of amides is 1. The predicted molar refractivity (Wildman–Crippen MR) is 149 cm³/mol. The van der Waals surface area contributed by atoms with Crippen LogP contribution in [0.25, 0.3) is 10.4 Å². The summed E-state index contributed by atoms with van der Waals surface area (Å²) in [7, 11) is 0. The van der Waals surface area contributed by atoms with Gasteiger partial charge < -0.3 is 19.9 Å². The number of carbonyl (C=O) groups is 1. The lowest BCUT2D eigenvalue weighted by atomic mass is 9.80. The highest BCUT2D eigenvalue weighted by atomic mass is 16.5. The van der Waals surface area contributed by atoms with Gasteiger partial charge in [0.2, 0.25) is 5.90 Å². The predicted octanol–water partition coefficient (Wildman–Crippen LogP) is 5.28. The van der Waals surface area contributed by atoms with Gasteiger partial charge in [-0.25, -0.2) is 4.99 Å². The van der Waals surface area contributed by atoms with Crippen LogP contribution in [0.4, 0.5) is 0 Å². The van der Waals surface area contributed by atoms with Crippen LogP contribution in [0.1, 0.15) is 48.6 Å². The summed E-state index contributed by atoms with van der Waals surface area (Å²) >= 11 is 0. The number of aliphatic hydroxyl groups excluding tert-OH is 1. The van der Waals surface area contributed by atoms with Crippen LogP contribution in [0.3, 0.4) is 0 Å². The molecule has 2 atom stereocenters. The van der Waals surface area contributed by atoms with E-state index in [9.17, 15) is 4.79 Å². The number of nitrogens with one attached hydrogen (secondary N) is 1. The lowest BCUT2D eigenvalue weighted by Crippen LogP contribution is -2.51. The zero-order chi connectivity index (χ0) is 27.7. The molecule has 39 heavy (non-hydrogen) atoms. The molecule has 202 valence electrons. The zero-order valence-corrected chi connectivity index (χ0v) is 22.2. The van der Waals surface area contributed by atoms with Crippen molar-refractivity contribution in [3.63, 3.8) is 0 Å². The average Bonchev–Trinajstić information content (AvgIpc) is 3.34. The Kier molecular flexibility index (Phi) is 9.20. The minimum absolute atomic E-state index is 0.0656. The van der Waals surface area contributed by atoms with Crippen LogP contribution in [0, 0.1) is 0 Å². The van der Waals surface area contributed by atoms with E-state index in [0.29, 0.717) is 30.2 Å². The number of azide groups is 1. The minimum Gasteiger partial charge on any atom is -0.494 e. The normalized spacial score (nSPS) is 18.2. The van der Waals surface area contributed by atoms with Gasteiger partial charge in [-0.2, -0.15) is 0 Å². The number of carbonyl (C=O) groups excluding carboxylic acids is 1. The summed E-state index contributed by atoms with van der Waals surface area (Å²) in [6, 6.07) is 24.4. The van der Waals surface area contributed by atoms with E-state index >= 15 is 0 Å². The molecule has 0 bridgehead atoms. The van der Waals surface area contributed by atoms with Crippen molar-refractivity contribution < 1.29 is 19.4 Å². The number of rotatable bonds is 12. The molecule has 0 aromatic heterocycles. The first-order chi connectivity index (χ1) is 19.0. The van der Waals surface area contributed by atoms with Crippen LogP contribution >= 0.6 is 0 Å². The number of aliphatic hydroxyl groups is 1. The second-order valence-corrected chi connectivity index (χ2v) is 9.66. The highest BCUT2D eigenvalue weighted by molar-refractivity contribution is 6.01. The van der Waals surface area contributed by atoms with Crippen LogP contribution in [0.5, 0.6) is 5.75 Å². The molecule has 1 amide bonds. The van der Waals surface area contributed by atoms with E-state index in [1.807, 2.05) is 92.7 Å². The van der Waals surface area contributed by atoms with Crippen molar-refractivity contribution in [2.45, 2.75) is 50.9 Å². The fourth-order valence-corrected chi connectivity index (χ4v) is 4.58. The molecule has 2 N–H and O–H groups in total. The lowest BCUT2D eigenvalue weighted by Gasteiger charge is -2.32. The van der Waals surface area contributed by atoms with Gasteiger partial charge in [-0.05, 0) is 60.3 Å². The van der Waals surface area contributed by atoms with Crippen LogP contribution in [-0.4, -0.2) is 41.7 Å². The second kappa shape index (κ2) is 13.0. The van der Waals surface area contributed by atoms with Crippen molar-refractivity contribution in [2.24, 2.45) is 10.1 Å². The summed E-state index contributed by atoms with van der Waals surface area (Å²) in [5, 5.41) is 15.8. The summed E-state index contributed by atoms with van der Waals surface area (Å²) in [6.45, 7) is 4.47. The maximum absolute atomic E-state index is 14.0. The van der Waals surface area contributed by atoms with Crippen LogP contribution in [0.2, 0.25) is 0 Å². The van der Waals surface area contributed by atoms with Crippen molar-refractivity contribution in [3.8, 4) is 5.75 Å². The Hall–Kier alpha value is -4.33. The van der Waals surface area contributed by atoms with Gasteiger partial charge >= 0.3 is 0 Å². The van der Waals surface area contributed by atoms with Gasteiger partial charge in [0.15, 0.2) is 11.6 Å². The quantitative estimate of drug-likeness (QED) is 0.144. The number of aliphatic imine (C=N–C) groups is 1. The smallest absolute Gasteiger partial charge is 0.252 e. The van der Waals surface area contributed by atoms with E-state index in [-0.39, 0.29) is 31.5 Å². The van der Waals surface area contributed by atoms with Crippen LogP contribution in [0.15, 0.2) is 89.0 Å². The van der Waals surface area contributed by atoms with Gasteiger partial charge in [-0.3, -0.25) is 4.79 Å². The summed E-state index contributed by atoms with van der Waals surface area (Å²) in [6.07, 6.45) is 0.0967. The third-order valence-corrected chi connectivity index (χ3v) is 6.43. The van der Waals surface area contributed by atoms with Gasteiger partial charge in [-0.15, -0.1) is 0 Å². The fourth-order valence-electron chi connectivity index (χ4n) is 4.58. The molecule has 1 aliphatic heterocycles. The van der Waals surface area contributed by atoms with E-state index in [1.54, 1.807) is 0 Å². The molecule has 1 aliphatic rings. The summed E-state index contributed by atoms with van der Waals surface area (Å²) in [5.74, 6) is 0.780. The highest BCUT2D eigenvalue weighted by Crippen LogP contribution is 2.43. The van der Waals surface area contributed by atoms with Gasteiger partial charge in [-0.1, -0.05) is 59.7 Å². The van der Waals surface area contributed by atoms with Crippen LogP contribution < -0.4 is 10.1 Å². The SMILES string of the molecule is CC(C)NC(=O)[C@]1(Cc2ccccc2CN=[N+]=[N-])N=C(c2ccc(OCCCO)cc2)O[C@@H]1c1ccccc1. The molecular formula is C30H33N5O4. The number of benzene rings is 3. The van der Waals surface area contributed by atoms with Crippen molar-refractivity contribution in [1.82, 2.24) is 5.32 Å². The molecule has 4 rings (SSSR count). The van der Waals surface area contributed by atoms with E-state index in [2.05, 4.69) is 15.3 Å². The Morgan fingerprint density at radius 2 is 1.79 bits per heavy atom. The Bertz CT molecular complexity index is 1340. The summed E-state index contributed by atoms with van der Waals surface area (Å²) in [4.78, 5) is 22.0. The summed E-state index contributed by atoms with van der Waals surface area (Å²) < 4.78 is 12.2. The highest BCUT2D eigenvalue weighted by Gasteiger charge is 2.53. The molecule has 3 aromatic carbocycles. The van der Waals surface area contributed by atoms with E-state index in [1.165, 1.54) is 0 Å². The molecule has 0 unspecified atom stereocenters. The van der Waals surface area contributed by atoms with Crippen molar-refractivity contribution in [3.05, 3.63) is 112 Å². The zero-order valence-electron chi connectivity index (χ0n) is 22.2. The number of hydrogen-bond acceptors (Lipinski definition) is 6. The van der Waals surface area contributed by atoms with Crippen molar-refractivity contribution in [1.29, 1.82) is 0 Å². The Labute approximate surface area is 228 Å². The van der Waals surface area contributed by atoms with E-state index in [0.717, 1.165) is 16.7 Å². The molecule has 3 aromatic rings. The molecule has 9 nitrogen and oxygen atoms in total. The molecule has 0 saturated carbocycles. The standard InChI is InChI=1S/C30H33N5O4/c1-21(2)33-29(37)30(19-24-11-6-7-12-25(24)20-32-35-31)27(22-9-4-3-5-10-22)39-28(34-30)23-13-15-26(16-14-23)38-18-8-17-36/h3-7,9-16,21,27,36H,8,17-20H2,1-2H3,(H,33,37)/t27-,30-/m1/s1. The maximum atomic E-state index is 14.0. The first-order valence-corrected chi connectivity index (χ1v) is 13.0. The van der Waals surface area contributed by atoms with Crippen LogP contribution in [-0.2, 0) is 22.5 Å². The number of hydrogen-bond donors (Lipinski definition) is 2. The minimum atomic E-state index is -1.32. The first-order valence-electron chi connectivity index (χ1n) is 13.0. The lowest BCUT2D eigenvalue weighted by molar-refractivity contribution is -0.129. The summed E-state index contributed by atoms with van der Waals surface area (Å²) in [5.41, 5.74) is 10.8. The third kappa shape index (κ3) is 6.57. The number of ether oxygens (including phenoxy) is 2. The molecule has 0 radical (unpaired) electrons. The average molecular weight is 528 g/mol. The Morgan fingerprint density at radius 1 is 1.10 bits per heavy atom. The topological polar surface area (TPSA) is 129 Å². The van der Waals surface area contributed by atoms with Crippen molar-refractivity contribution >= 4 is 11.8 Å². The fraction of sp³-hybridized carbons (Fsp3) is 0.333. The van der Waals surface area contributed by atoms with E-state index < -0.39 is 11.6 Å². The largest absolute Gasteiger partial charge is 0.494 e. The Morgan fingerprint density at radius 3 is 2.46 bits per heavy atom. The number of nitrogens with zero attached hydrogens (tertiary/aromatic N) is 4. The van der Waals surface area contributed by atoms with Gasteiger partial charge in [0.25, 0.3) is 5.91 Å². The Balaban J connectivity index is 1.80. The molecule has 0 saturated heterocycles. The van der Waals surface area contributed by atoms with Gasteiger partial charge in [0.1, 0.15) is 5.75 Å². The molecular weight excluding hydrogens is 494 g/mol. The second-order valence-electron chi connectivity index (χ2n) is 9.66. The molecule has 9 heteroatoms. The first kappa shape index (κ1) is 27.7.